The number of hydrogen-bond donors (Lipinski definition) is 4. The first-order chi connectivity index (χ1) is 10.1. The van der Waals surface area contributed by atoms with Crippen LogP contribution in [0.5, 0.6) is 5.75 Å². The quantitative estimate of drug-likeness (QED) is 0.481. The second-order valence-electron chi connectivity index (χ2n) is 5.13. The van der Waals surface area contributed by atoms with Crippen molar-refractivity contribution in [2.45, 2.75) is 26.2 Å². The third kappa shape index (κ3) is 3.82. The molecule has 1 aromatic heterocycles. The first-order valence-electron chi connectivity index (χ1n) is 6.95. The Balaban J connectivity index is 2.04. The van der Waals surface area contributed by atoms with E-state index < -0.39 is 0 Å². The van der Waals surface area contributed by atoms with Crippen molar-refractivity contribution in [3.63, 3.8) is 0 Å². The molecule has 2 aromatic rings. The minimum Gasteiger partial charge on any atom is -0.508 e. The van der Waals surface area contributed by atoms with E-state index in [0.717, 1.165) is 29.9 Å². The SMILES string of the molecule is CC(C)c1c(NN)ncnc1NCCc1ccc(O)cc1. The maximum atomic E-state index is 9.26. The van der Waals surface area contributed by atoms with Crippen LogP contribution in [0.15, 0.2) is 30.6 Å². The lowest BCUT2D eigenvalue weighted by molar-refractivity contribution is 0.475. The number of hydrogen-bond acceptors (Lipinski definition) is 6. The first-order valence-corrected chi connectivity index (χ1v) is 6.95. The summed E-state index contributed by atoms with van der Waals surface area (Å²) in [5, 5.41) is 12.6. The molecule has 1 aromatic carbocycles. The van der Waals surface area contributed by atoms with Crippen LogP contribution in [0.3, 0.4) is 0 Å². The molecule has 0 atom stereocenters. The van der Waals surface area contributed by atoms with E-state index in [0.29, 0.717) is 5.82 Å². The summed E-state index contributed by atoms with van der Waals surface area (Å²) in [5.41, 5.74) is 4.74. The van der Waals surface area contributed by atoms with Gasteiger partial charge in [-0.3, -0.25) is 0 Å². The van der Waals surface area contributed by atoms with Gasteiger partial charge in [0.15, 0.2) is 0 Å². The monoisotopic (exact) mass is 287 g/mol. The van der Waals surface area contributed by atoms with E-state index in [4.69, 9.17) is 5.84 Å². The van der Waals surface area contributed by atoms with Gasteiger partial charge in [-0.2, -0.15) is 0 Å². The fraction of sp³-hybridized carbons (Fsp3) is 0.333. The predicted octanol–water partition coefficient (Wildman–Crippen LogP) is 2.25. The number of nitrogens with two attached hydrogens (primary N) is 1. The molecule has 21 heavy (non-hydrogen) atoms. The molecule has 0 saturated heterocycles. The topological polar surface area (TPSA) is 96.1 Å². The number of benzene rings is 1. The Morgan fingerprint density at radius 3 is 2.43 bits per heavy atom. The van der Waals surface area contributed by atoms with Crippen molar-refractivity contribution < 1.29 is 5.11 Å². The van der Waals surface area contributed by atoms with E-state index in [1.54, 1.807) is 12.1 Å². The average molecular weight is 287 g/mol. The van der Waals surface area contributed by atoms with Crippen molar-refractivity contribution in [1.82, 2.24) is 9.97 Å². The van der Waals surface area contributed by atoms with Gasteiger partial charge in [0.1, 0.15) is 23.7 Å². The summed E-state index contributed by atoms with van der Waals surface area (Å²) in [5.74, 6) is 7.48. The van der Waals surface area contributed by atoms with Crippen molar-refractivity contribution in [3.05, 3.63) is 41.7 Å². The van der Waals surface area contributed by atoms with Crippen LogP contribution in [-0.4, -0.2) is 21.6 Å². The normalized spacial score (nSPS) is 10.7. The Bertz CT molecular complexity index is 583. The van der Waals surface area contributed by atoms with E-state index in [9.17, 15) is 5.11 Å². The summed E-state index contributed by atoms with van der Waals surface area (Å²) in [4.78, 5) is 8.44. The molecule has 0 fully saturated rings. The van der Waals surface area contributed by atoms with Crippen molar-refractivity contribution in [2.75, 3.05) is 17.3 Å². The van der Waals surface area contributed by atoms with Gasteiger partial charge in [-0.1, -0.05) is 26.0 Å². The number of nitrogens with one attached hydrogen (secondary N) is 2. The van der Waals surface area contributed by atoms with Crippen LogP contribution in [0.2, 0.25) is 0 Å². The Morgan fingerprint density at radius 1 is 1.14 bits per heavy atom. The fourth-order valence-electron chi connectivity index (χ4n) is 2.19. The molecule has 0 saturated carbocycles. The summed E-state index contributed by atoms with van der Waals surface area (Å²) in [6.07, 6.45) is 2.33. The highest BCUT2D eigenvalue weighted by atomic mass is 16.3. The third-order valence-corrected chi connectivity index (χ3v) is 3.24. The molecule has 0 amide bonds. The highest BCUT2D eigenvalue weighted by molar-refractivity contribution is 5.58. The van der Waals surface area contributed by atoms with Crippen molar-refractivity contribution in [2.24, 2.45) is 5.84 Å². The number of nitrogens with zero attached hydrogens (tertiary/aromatic N) is 2. The molecule has 1 heterocycles. The molecule has 112 valence electrons. The summed E-state index contributed by atoms with van der Waals surface area (Å²) < 4.78 is 0. The zero-order chi connectivity index (χ0) is 15.2. The Kier molecular flexibility index (Phi) is 4.94. The van der Waals surface area contributed by atoms with E-state index in [1.165, 1.54) is 6.33 Å². The molecule has 6 heteroatoms. The summed E-state index contributed by atoms with van der Waals surface area (Å²) in [6, 6.07) is 7.20. The van der Waals surface area contributed by atoms with Gasteiger partial charge >= 0.3 is 0 Å². The second-order valence-corrected chi connectivity index (χ2v) is 5.13. The Morgan fingerprint density at radius 2 is 1.81 bits per heavy atom. The molecule has 0 unspecified atom stereocenters. The van der Waals surface area contributed by atoms with Gasteiger partial charge in [-0.15, -0.1) is 0 Å². The highest BCUT2D eigenvalue weighted by Crippen LogP contribution is 2.27. The Hall–Kier alpha value is -2.34. The highest BCUT2D eigenvalue weighted by Gasteiger charge is 2.13. The number of phenols is 1. The number of anilines is 2. The van der Waals surface area contributed by atoms with Crippen molar-refractivity contribution in [1.29, 1.82) is 0 Å². The predicted molar refractivity (Wildman–Crippen MR) is 84.2 cm³/mol. The van der Waals surface area contributed by atoms with Gasteiger partial charge in [0.2, 0.25) is 0 Å². The standard InChI is InChI=1S/C15H21N5O/c1-10(2)13-14(18-9-19-15(13)20-16)17-8-7-11-3-5-12(21)6-4-11/h3-6,9-10,21H,7-8,16H2,1-2H3,(H2,17,18,19,20). The van der Waals surface area contributed by atoms with Crippen molar-refractivity contribution in [3.8, 4) is 5.75 Å². The van der Waals surface area contributed by atoms with Gasteiger partial charge in [-0.05, 0) is 30.0 Å². The van der Waals surface area contributed by atoms with Gasteiger partial charge < -0.3 is 15.8 Å². The van der Waals surface area contributed by atoms with Crippen LogP contribution in [0.4, 0.5) is 11.6 Å². The number of hydrazine groups is 1. The molecule has 2 rings (SSSR count). The molecular weight excluding hydrogens is 266 g/mol. The molecule has 0 aliphatic rings. The number of nitrogen functional groups attached to an aromatic ring is 1. The number of rotatable bonds is 6. The first kappa shape index (κ1) is 15.1. The molecule has 5 N–H and O–H groups in total. The van der Waals surface area contributed by atoms with E-state index in [-0.39, 0.29) is 11.7 Å². The summed E-state index contributed by atoms with van der Waals surface area (Å²) in [7, 11) is 0. The fourth-order valence-corrected chi connectivity index (χ4v) is 2.19. The lowest BCUT2D eigenvalue weighted by Gasteiger charge is -2.16. The van der Waals surface area contributed by atoms with Crippen LogP contribution in [-0.2, 0) is 6.42 Å². The van der Waals surface area contributed by atoms with Crippen molar-refractivity contribution >= 4 is 11.6 Å². The summed E-state index contributed by atoms with van der Waals surface area (Å²) in [6.45, 7) is 4.89. The second kappa shape index (κ2) is 6.90. The van der Waals surface area contributed by atoms with Gasteiger partial charge in [0, 0.05) is 12.1 Å². The van der Waals surface area contributed by atoms with Crippen LogP contribution >= 0.6 is 0 Å². The summed E-state index contributed by atoms with van der Waals surface area (Å²) >= 11 is 0. The molecule has 6 nitrogen and oxygen atoms in total. The zero-order valence-corrected chi connectivity index (χ0v) is 12.3. The largest absolute Gasteiger partial charge is 0.508 e. The maximum Gasteiger partial charge on any atom is 0.148 e. The van der Waals surface area contributed by atoms with E-state index in [2.05, 4.69) is 34.6 Å². The van der Waals surface area contributed by atoms with E-state index in [1.807, 2.05) is 12.1 Å². The molecule has 0 radical (unpaired) electrons. The maximum absolute atomic E-state index is 9.26. The number of aromatic hydroxyl groups is 1. The lowest BCUT2D eigenvalue weighted by Crippen LogP contribution is -2.16. The number of aromatic nitrogens is 2. The molecular formula is C15H21N5O. The third-order valence-electron chi connectivity index (χ3n) is 3.24. The van der Waals surface area contributed by atoms with Crippen LogP contribution in [0.1, 0.15) is 30.9 Å². The Labute approximate surface area is 124 Å². The number of phenolic OH excluding ortho intramolecular Hbond substituents is 1. The zero-order valence-electron chi connectivity index (χ0n) is 12.3. The smallest absolute Gasteiger partial charge is 0.148 e. The molecule has 0 aliphatic heterocycles. The minimum atomic E-state index is 0.258. The van der Waals surface area contributed by atoms with Crippen LogP contribution < -0.4 is 16.6 Å². The van der Waals surface area contributed by atoms with Crippen LogP contribution in [0.25, 0.3) is 0 Å². The molecule has 0 spiro atoms. The van der Waals surface area contributed by atoms with Crippen LogP contribution in [0, 0.1) is 0 Å². The molecule has 0 aliphatic carbocycles. The van der Waals surface area contributed by atoms with Gasteiger partial charge in [0.05, 0.1) is 0 Å². The van der Waals surface area contributed by atoms with Gasteiger partial charge in [0.25, 0.3) is 0 Å². The molecule has 0 bridgehead atoms. The van der Waals surface area contributed by atoms with E-state index >= 15 is 0 Å². The minimum absolute atomic E-state index is 0.258. The van der Waals surface area contributed by atoms with Gasteiger partial charge in [-0.25, -0.2) is 15.8 Å². The average Bonchev–Trinajstić information content (AvgIpc) is 2.48. The lowest BCUT2D eigenvalue weighted by atomic mass is 10.0.